The Bertz CT molecular complexity index is 729. The number of halogens is 2. The number of pyridine rings is 1. The summed E-state index contributed by atoms with van der Waals surface area (Å²) in [6, 6.07) is 6.22. The lowest BCUT2D eigenvalue weighted by Gasteiger charge is -2.11. The molecule has 6 nitrogen and oxygen atoms in total. The summed E-state index contributed by atoms with van der Waals surface area (Å²) >= 11 is 0. The van der Waals surface area contributed by atoms with E-state index in [1.807, 2.05) is 13.0 Å². The topological polar surface area (TPSA) is 72.5 Å². The van der Waals surface area contributed by atoms with E-state index >= 15 is 0 Å². The van der Waals surface area contributed by atoms with Gasteiger partial charge in [-0.15, -0.1) is 0 Å². The summed E-state index contributed by atoms with van der Waals surface area (Å²) in [5, 5.41) is 5.27. The van der Waals surface area contributed by atoms with E-state index in [0.29, 0.717) is 12.5 Å². The molecule has 1 aromatic carbocycles. The van der Waals surface area contributed by atoms with Gasteiger partial charge < -0.3 is 20.1 Å². The van der Waals surface area contributed by atoms with E-state index in [-0.39, 0.29) is 25.4 Å². The SMILES string of the molecule is CCCOc1ncccc1CNC(=O)NCCOc1ccc(F)cc1F. The Labute approximate surface area is 150 Å². The standard InChI is InChI=1S/C18H21F2N3O3/c1-2-9-26-17-13(4-3-7-21-17)12-23-18(24)22-8-10-25-16-6-5-14(19)11-15(16)20/h3-7,11H,2,8-10,12H2,1H3,(H2,22,23,24). The lowest BCUT2D eigenvalue weighted by atomic mass is 10.2. The first-order chi connectivity index (χ1) is 12.6. The second-order valence-electron chi connectivity index (χ2n) is 5.35. The lowest BCUT2D eigenvalue weighted by molar-refractivity contribution is 0.235. The third-order valence-corrected chi connectivity index (χ3v) is 3.27. The van der Waals surface area contributed by atoms with Crippen molar-refractivity contribution in [3.05, 3.63) is 53.7 Å². The molecule has 0 saturated heterocycles. The highest BCUT2D eigenvalue weighted by atomic mass is 19.1. The second-order valence-corrected chi connectivity index (χ2v) is 5.35. The normalized spacial score (nSPS) is 10.3. The van der Waals surface area contributed by atoms with Gasteiger partial charge in [-0.25, -0.2) is 18.6 Å². The maximum Gasteiger partial charge on any atom is 0.315 e. The first-order valence-corrected chi connectivity index (χ1v) is 8.26. The van der Waals surface area contributed by atoms with E-state index < -0.39 is 17.7 Å². The van der Waals surface area contributed by atoms with Gasteiger partial charge in [-0.2, -0.15) is 0 Å². The van der Waals surface area contributed by atoms with Gasteiger partial charge >= 0.3 is 6.03 Å². The number of amides is 2. The van der Waals surface area contributed by atoms with Gasteiger partial charge in [-0.1, -0.05) is 13.0 Å². The van der Waals surface area contributed by atoms with E-state index in [2.05, 4.69) is 15.6 Å². The van der Waals surface area contributed by atoms with Crippen molar-refractivity contribution in [1.82, 2.24) is 15.6 Å². The van der Waals surface area contributed by atoms with Gasteiger partial charge in [0.25, 0.3) is 0 Å². The first-order valence-electron chi connectivity index (χ1n) is 8.26. The highest BCUT2D eigenvalue weighted by Crippen LogP contribution is 2.17. The molecule has 2 amide bonds. The number of aromatic nitrogens is 1. The molecule has 2 rings (SSSR count). The Morgan fingerprint density at radius 2 is 2.00 bits per heavy atom. The van der Waals surface area contributed by atoms with Gasteiger partial charge in [0.1, 0.15) is 12.4 Å². The molecule has 140 valence electrons. The minimum absolute atomic E-state index is 0.0493. The van der Waals surface area contributed by atoms with Gasteiger partial charge in [0.05, 0.1) is 13.2 Å². The lowest BCUT2D eigenvalue weighted by Crippen LogP contribution is -2.37. The maximum atomic E-state index is 13.4. The molecule has 1 aromatic heterocycles. The first kappa shape index (κ1) is 19.4. The number of nitrogens with one attached hydrogen (secondary N) is 2. The van der Waals surface area contributed by atoms with Gasteiger partial charge in [-0.3, -0.25) is 0 Å². The molecule has 0 aliphatic heterocycles. The monoisotopic (exact) mass is 365 g/mol. The van der Waals surface area contributed by atoms with Crippen LogP contribution in [0.3, 0.4) is 0 Å². The van der Waals surface area contributed by atoms with Crippen molar-refractivity contribution in [3.8, 4) is 11.6 Å². The van der Waals surface area contributed by atoms with Gasteiger partial charge in [-0.05, 0) is 24.6 Å². The number of benzene rings is 1. The summed E-state index contributed by atoms with van der Waals surface area (Å²) in [7, 11) is 0. The Morgan fingerprint density at radius 3 is 2.77 bits per heavy atom. The molecule has 1 heterocycles. The summed E-state index contributed by atoms with van der Waals surface area (Å²) in [5.41, 5.74) is 0.765. The van der Waals surface area contributed by atoms with Crippen LogP contribution >= 0.6 is 0 Å². The van der Waals surface area contributed by atoms with Crippen LogP contribution in [0.25, 0.3) is 0 Å². The fourth-order valence-electron chi connectivity index (χ4n) is 2.04. The Kier molecular flexibility index (Phi) is 7.60. The molecule has 0 aliphatic rings. The second kappa shape index (κ2) is 10.2. The van der Waals surface area contributed by atoms with Crippen molar-refractivity contribution in [2.24, 2.45) is 0 Å². The van der Waals surface area contributed by atoms with Crippen molar-refractivity contribution in [3.63, 3.8) is 0 Å². The van der Waals surface area contributed by atoms with Gasteiger partial charge in [0.2, 0.25) is 5.88 Å². The average molecular weight is 365 g/mol. The van der Waals surface area contributed by atoms with E-state index in [9.17, 15) is 13.6 Å². The highest BCUT2D eigenvalue weighted by Gasteiger charge is 2.07. The number of hydrogen-bond acceptors (Lipinski definition) is 4. The van der Waals surface area contributed by atoms with Gasteiger partial charge in [0, 0.05) is 24.4 Å². The Balaban J connectivity index is 1.71. The summed E-state index contributed by atoms with van der Waals surface area (Å²) in [5.74, 6) is -1.04. The summed E-state index contributed by atoms with van der Waals surface area (Å²) < 4.78 is 36.9. The van der Waals surface area contributed by atoms with E-state index in [1.54, 1.807) is 12.3 Å². The van der Waals surface area contributed by atoms with Crippen molar-refractivity contribution in [1.29, 1.82) is 0 Å². The van der Waals surface area contributed by atoms with Crippen LogP contribution in [0.15, 0.2) is 36.5 Å². The molecule has 0 aliphatic carbocycles. The van der Waals surface area contributed by atoms with Crippen molar-refractivity contribution in [2.45, 2.75) is 19.9 Å². The van der Waals surface area contributed by atoms with Crippen LogP contribution in [0, 0.1) is 11.6 Å². The molecule has 0 bridgehead atoms. The number of rotatable bonds is 9. The molecule has 2 N–H and O–H groups in total. The van der Waals surface area contributed by atoms with Crippen molar-refractivity contribution < 1.29 is 23.0 Å². The maximum absolute atomic E-state index is 13.4. The zero-order valence-electron chi connectivity index (χ0n) is 14.4. The van der Waals surface area contributed by atoms with E-state index in [0.717, 1.165) is 24.1 Å². The predicted octanol–water partition coefficient (Wildman–Crippen LogP) is 3.03. The zero-order valence-corrected chi connectivity index (χ0v) is 14.4. The third-order valence-electron chi connectivity index (χ3n) is 3.27. The van der Waals surface area contributed by atoms with Crippen LogP contribution in [0.1, 0.15) is 18.9 Å². The molecule has 0 spiro atoms. The summed E-state index contributed by atoms with van der Waals surface area (Å²) in [6.07, 6.45) is 2.49. The molecule has 0 atom stereocenters. The number of carbonyl (C=O) groups is 1. The fourth-order valence-corrected chi connectivity index (χ4v) is 2.04. The fraction of sp³-hybridized carbons (Fsp3) is 0.333. The van der Waals surface area contributed by atoms with Crippen LogP contribution in [0.4, 0.5) is 13.6 Å². The molecular weight excluding hydrogens is 344 g/mol. The number of hydrogen-bond donors (Lipinski definition) is 2. The largest absolute Gasteiger partial charge is 0.489 e. The Hall–Kier alpha value is -2.90. The van der Waals surface area contributed by atoms with Gasteiger partial charge in [0.15, 0.2) is 11.6 Å². The van der Waals surface area contributed by atoms with Crippen LogP contribution in [-0.2, 0) is 6.54 Å². The van der Waals surface area contributed by atoms with Crippen LogP contribution in [0.5, 0.6) is 11.6 Å². The number of urea groups is 1. The molecule has 0 radical (unpaired) electrons. The quantitative estimate of drug-likeness (QED) is 0.670. The summed E-state index contributed by atoms with van der Waals surface area (Å²) in [4.78, 5) is 15.9. The molecule has 0 saturated carbocycles. The van der Waals surface area contributed by atoms with E-state index in [4.69, 9.17) is 9.47 Å². The smallest absolute Gasteiger partial charge is 0.315 e. The zero-order chi connectivity index (χ0) is 18.8. The molecule has 0 unspecified atom stereocenters. The highest BCUT2D eigenvalue weighted by molar-refractivity contribution is 5.73. The van der Waals surface area contributed by atoms with E-state index in [1.165, 1.54) is 6.07 Å². The number of ether oxygens (including phenoxy) is 2. The van der Waals surface area contributed by atoms with Crippen molar-refractivity contribution >= 4 is 6.03 Å². The minimum atomic E-state index is -0.786. The molecule has 26 heavy (non-hydrogen) atoms. The molecule has 2 aromatic rings. The average Bonchev–Trinajstić information content (AvgIpc) is 2.64. The van der Waals surface area contributed by atoms with Crippen LogP contribution in [0.2, 0.25) is 0 Å². The molecule has 8 heteroatoms. The minimum Gasteiger partial charge on any atom is -0.489 e. The Morgan fingerprint density at radius 1 is 1.15 bits per heavy atom. The number of carbonyl (C=O) groups excluding carboxylic acids is 1. The number of nitrogens with zero attached hydrogens (tertiary/aromatic N) is 1. The third kappa shape index (κ3) is 6.19. The van der Waals surface area contributed by atoms with Crippen molar-refractivity contribution in [2.75, 3.05) is 19.8 Å². The van der Waals surface area contributed by atoms with Crippen LogP contribution in [-0.4, -0.2) is 30.8 Å². The molecule has 0 fully saturated rings. The summed E-state index contributed by atoms with van der Waals surface area (Å²) in [6.45, 7) is 3.01. The predicted molar refractivity (Wildman–Crippen MR) is 92.1 cm³/mol. The molecular formula is C18H21F2N3O3. The van der Waals surface area contributed by atoms with Crippen LogP contribution < -0.4 is 20.1 Å².